The predicted molar refractivity (Wildman–Crippen MR) is 59.8 cm³/mol. The molecule has 0 aromatic carbocycles. The summed E-state index contributed by atoms with van der Waals surface area (Å²) in [6, 6.07) is 0.659. The van der Waals surface area contributed by atoms with Gasteiger partial charge in [-0.3, -0.25) is 4.79 Å². The first kappa shape index (κ1) is 11.3. The average Bonchev–Trinajstić information content (AvgIpc) is 2.38. The van der Waals surface area contributed by atoms with Gasteiger partial charge in [0.15, 0.2) is 0 Å². The highest BCUT2D eigenvalue weighted by Gasteiger charge is 2.47. The Hall–Kier alpha value is -0.240. The van der Waals surface area contributed by atoms with Gasteiger partial charge in [-0.05, 0) is 12.5 Å². The third-order valence-electron chi connectivity index (χ3n) is 2.89. The van der Waals surface area contributed by atoms with Crippen LogP contribution in [0.1, 0.15) is 6.42 Å². The number of halogens is 3. The molecule has 0 bridgehead atoms. The number of likely N-dealkylation sites (tertiary alicyclic amines) is 1. The highest BCUT2D eigenvalue weighted by atomic mass is 127. The molecule has 3 nitrogen and oxygen atoms in total. The van der Waals surface area contributed by atoms with Gasteiger partial charge in [-0.15, -0.1) is 0 Å². The Morgan fingerprint density at radius 2 is 2.20 bits per heavy atom. The van der Waals surface area contributed by atoms with Crippen LogP contribution in [0.4, 0.5) is 8.78 Å². The quantitative estimate of drug-likeness (QED) is 0.435. The smallest absolute Gasteiger partial charge is 0.257 e. The summed E-state index contributed by atoms with van der Waals surface area (Å²) in [6.45, 7) is 1.64. The molecular formula is C9H11F2IN2O. The molecule has 0 radical (unpaired) electrons. The van der Waals surface area contributed by atoms with Crippen LogP contribution in [0.25, 0.3) is 0 Å². The lowest BCUT2D eigenvalue weighted by Crippen LogP contribution is -2.61. The van der Waals surface area contributed by atoms with E-state index in [1.165, 1.54) is 0 Å². The summed E-state index contributed by atoms with van der Waals surface area (Å²) in [5, 5.41) is 0. The fourth-order valence-corrected chi connectivity index (χ4v) is 2.90. The normalized spacial score (nSPS) is 31.1. The number of carbonyl (C=O) groups excluding carboxylic acids is 1. The second kappa shape index (κ2) is 4.32. The van der Waals surface area contributed by atoms with E-state index in [0.717, 1.165) is 19.0 Å². The van der Waals surface area contributed by atoms with Crippen LogP contribution in [0.2, 0.25) is 0 Å². The Balaban J connectivity index is 1.90. The van der Waals surface area contributed by atoms with Gasteiger partial charge in [-0.2, -0.15) is 0 Å². The van der Waals surface area contributed by atoms with E-state index in [0.29, 0.717) is 18.7 Å². The SMILES string of the molecule is O=C(/C=C/C(F)F)N1CC2C1CCN2I. The molecule has 0 N–H and O–H groups in total. The van der Waals surface area contributed by atoms with Crippen LogP contribution in [-0.4, -0.2) is 45.5 Å². The van der Waals surface area contributed by atoms with E-state index in [-0.39, 0.29) is 11.9 Å². The van der Waals surface area contributed by atoms with E-state index in [2.05, 4.69) is 26.0 Å². The van der Waals surface area contributed by atoms with Crippen LogP contribution in [0.5, 0.6) is 0 Å². The maximum absolute atomic E-state index is 11.8. The van der Waals surface area contributed by atoms with Crippen molar-refractivity contribution in [3.8, 4) is 0 Å². The molecule has 0 saturated carbocycles. The van der Waals surface area contributed by atoms with Gasteiger partial charge in [-0.25, -0.2) is 11.9 Å². The molecular weight excluding hydrogens is 317 g/mol. The maximum Gasteiger partial charge on any atom is 0.257 e. The fraction of sp³-hybridized carbons (Fsp3) is 0.667. The Morgan fingerprint density at radius 3 is 2.80 bits per heavy atom. The minimum absolute atomic E-state index is 0.233. The van der Waals surface area contributed by atoms with Crippen molar-refractivity contribution in [3.05, 3.63) is 12.2 Å². The number of hydrogen-bond acceptors (Lipinski definition) is 2. The van der Waals surface area contributed by atoms with Crippen LogP contribution in [0, 0.1) is 0 Å². The van der Waals surface area contributed by atoms with Crippen molar-refractivity contribution in [1.82, 2.24) is 8.01 Å². The minimum Gasteiger partial charge on any atom is -0.333 e. The van der Waals surface area contributed by atoms with Gasteiger partial charge in [-0.1, -0.05) is 0 Å². The lowest BCUT2D eigenvalue weighted by atomic mass is 9.98. The van der Waals surface area contributed by atoms with Crippen molar-refractivity contribution < 1.29 is 13.6 Å². The van der Waals surface area contributed by atoms with Crippen LogP contribution in [0.15, 0.2) is 12.2 Å². The van der Waals surface area contributed by atoms with E-state index in [1.807, 2.05) is 0 Å². The number of hydrogen-bond donors (Lipinski definition) is 0. The largest absolute Gasteiger partial charge is 0.333 e. The number of amides is 1. The second-order valence-corrected chi connectivity index (χ2v) is 4.97. The van der Waals surface area contributed by atoms with Crippen molar-refractivity contribution >= 4 is 28.8 Å². The monoisotopic (exact) mass is 328 g/mol. The maximum atomic E-state index is 11.8. The molecule has 0 aromatic rings. The molecule has 84 valence electrons. The average molecular weight is 328 g/mol. The van der Waals surface area contributed by atoms with Crippen molar-refractivity contribution in [1.29, 1.82) is 0 Å². The van der Waals surface area contributed by atoms with Gasteiger partial charge in [0.05, 0.1) is 12.1 Å². The first-order chi connectivity index (χ1) is 7.09. The number of alkyl halides is 2. The van der Waals surface area contributed by atoms with Gasteiger partial charge in [0, 0.05) is 42.0 Å². The summed E-state index contributed by atoms with van der Waals surface area (Å²) in [4.78, 5) is 13.1. The van der Waals surface area contributed by atoms with Crippen molar-refractivity contribution in [2.45, 2.75) is 24.9 Å². The second-order valence-electron chi connectivity index (χ2n) is 3.73. The molecule has 2 heterocycles. The highest BCUT2D eigenvalue weighted by molar-refractivity contribution is 14.1. The van der Waals surface area contributed by atoms with Crippen molar-refractivity contribution in [3.63, 3.8) is 0 Å². The van der Waals surface area contributed by atoms with E-state index in [4.69, 9.17) is 0 Å². The molecule has 2 unspecified atom stereocenters. The van der Waals surface area contributed by atoms with E-state index < -0.39 is 6.43 Å². The highest BCUT2D eigenvalue weighted by Crippen LogP contribution is 2.34. The summed E-state index contributed by atoms with van der Waals surface area (Å²) in [7, 11) is 0. The molecule has 0 aliphatic carbocycles. The predicted octanol–water partition coefficient (Wildman–Crippen LogP) is 1.44. The van der Waals surface area contributed by atoms with Crippen LogP contribution in [0.3, 0.4) is 0 Å². The topological polar surface area (TPSA) is 23.6 Å². The zero-order valence-electron chi connectivity index (χ0n) is 7.94. The third-order valence-corrected chi connectivity index (χ3v) is 4.09. The summed E-state index contributed by atoms with van der Waals surface area (Å²) >= 11 is 2.25. The Kier molecular flexibility index (Phi) is 3.24. The van der Waals surface area contributed by atoms with E-state index in [9.17, 15) is 13.6 Å². The van der Waals surface area contributed by atoms with Crippen LogP contribution >= 0.6 is 22.9 Å². The first-order valence-electron chi connectivity index (χ1n) is 4.79. The number of allylic oxidation sites excluding steroid dienone is 1. The van der Waals surface area contributed by atoms with Gasteiger partial charge >= 0.3 is 0 Å². The lowest BCUT2D eigenvalue weighted by Gasteiger charge is -2.45. The molecule has 0 aromatic heterocycles. The van der Waals surface area contributed by atoms with Crippen molar-refractivity contribution in [2.75, 3.05) is 13.1 Å². The molecule has 2 atom stereocenters. The van der Waals surface area contributed by atoms with Crippen molar-refractivity contribution in [2.24, 2.45) is 0 Å². The number of carbonyl (C=O) groups is 1. The molecule has 2 aliphatic rings. The molecule has 1 amide bonds. The van der Waals surface area contributed by atoms with Crippen LogP contribution < -0.4 is 0 Å². The number of fused-ring (bicyclic) bond motifs is 1. The summed E-state index contributed by atoms with van der Waals surface area (Å²) in [5.74, 6) is -0.289. The molecule has 2 rings (SSSR count). The molecule has 6 heteroatoms. The van der Waals surface area contributed by atoms with E-state index in [1.54, 1.807) is 4.90 Å². The molecule has 2 fully saturated rings. The van der Waals surface area contributed by atoms with Gasteiger partial charge in [0.2, 0.25) is 5.91 Å². The van der Waals surface area contributed by atoms with Gasteiger partial charge < -0.3 is 4.90 Å². The van der Waals surface area contributed by atoms with Gasteiger partial charge in [0.1, 0.15) is 0 Å². The van der Waals surface area contributed by atoms with E-state index >= 15 is 0 Å². The zero-order chi connectivity index (χ0) is 11.0. The summed E-state index contributed by atoms with van der Waals surface area (Å²) in [5.41, 5.74) is 0. The molecule has 2 saturated heterocycles. The molecule has 2 aliphatic heterocycles. The van der Waals surface area contributed by atoms with Crippen LogP contribution in [-0.2, 0) is 4.79 Å². The number of rotatable bonds is 2. The lowest BCUT2D eigenvalue weighted by molar-refractivity contribution is -0.134. The third kappa shape index (κ3) is 2.15. The molecule has 0 spiro atoms. The minimum atomic E-state index is -2.55. The summed E-state index contributed by atoms with van der Waals surface area (Å²) < 4.78 is 25.9. The Labute approximate surface area is 101 Å². The zero-order valence-corrected chi connectivity index (χ0v) is 10.1. The Morgan fingerprint density at radius 1 is 1.47 bits per heavy atom. The molecule has 15 heavy (non-hydrogen) atoms. The fourth-order valence-electron chi connectivity index (χ4n) is 2.08. The summed E-state index contributed by atoms with van der Waals surface area (Å²) in [6.07, 6.45) is 0.0288. The standard InChI is InChI=1S/C9H11F2IN2O/c10-8(11)1-2-9(15)13-5-7-6(13)3-4-14(7)12/h1-2,6-8H,3-5H2/b2-1+. The Bertz CT molecular complexity index is 298. The van der Waals surface area contributed by atoms with Gasteiger partial charge in [0.25, 0.3) is 6.43 Å². The number of nitrogens with zero attached hydrogens (tertiary/aromatic N) is 2. The first-order valence-corrected chi connectivity index (χ1v) is 5.75.